The standard InChI is InChI=1S/C26H31NO6/c1-13-5-21(29)25(31)26(33-13)19(16-3-4-20(28)22(11-16)32-2)12-23(30)27-24-17-7-14-6-15(9-17)10-18(24)8-14/h3-5,11,14-15,17-19,24,28,31H,6-10,12H2,1-2H3,(H,27,30)/t14?,15?,17?,18?,19-,24?/m1/s1. The van der Waals surface area contributed by atoms with E-state index in [0.29, 0.717) is 23.2 Å². The predicted molar refractivity (Wildman–Crippen MR) is 121 cm³/mol. The summed E-state index contributed by atoms with van der Waals surface area (Å²) in [5, 5.41) is 23.8. The summed E-state index contributed by atoms with van der Waals surface area (Å²) in [4.78, 5) is 25.6. The molecule has 4 fully saturated rings. The molecule has 0 spiro atoms. The second-order valence-corrected chi connectivity index (χ2v) is 10.1. The van der Waals surface area contributed by atoms with Crippen molar-refractivity contribution in [1.82, 2.24) is 5.32 Å². The predicted octanol–water partition coefficient (Wildman–Crippen LogP) is 3.83. The Kier molecular flexibility index (Phi) is 5.59. The summed E-state index contributed by atoms with van der Waals surface area (Å²) in [6.07, 6.45) is 6.16. The molecule has 176 valence electrons. The van der Waals surface area contributed by atoms with Gasteiger partial charge in [-0.25, -0.2) is 0 Å². The van der Waals surface area contributed by atoms with Crippen LogP contribution in [0.3, 0.4) is 0 Å². The van der Waals surface area contributed by atoms with Gasteiger partial charge in [-0.2, -0.15) is 0 Å². The molecule has 33 heavy (non-hydrogen) atoms. The Labute approximate surface area is 192 Å². The van der Waals surface area contributed by atoms with E-state index in [4.69, 9.17) is 9.15 Å². The summed E-state index contributed by atoms with van der Waals surface area (Å²) < 4.78 is 11.0. The molecule has 3 N–H and O–H groups in total. The number of methoxy groups -OCH3 is 1. The van der Waals surface area contributed by atoms with Crippen molar-refractivity contribution in [3.8, 4) is 17.2 Å². The van der Waals surface area contributed by atoms with Crippen LogP contribution in [0.15, 0.2) is 33.5 Å². The molecule has 0 radical (unpaired) electrons. The van der Waals surface area contributed by atoms with E-state index in [2.05, 4.69) is 5.32 Å². The number of aromatic hydroxyl groups is 2. The second kappa shape index (κ2) is 8.43. The number of aryl methyl sites for hydroxylation is 1. The van der Waals surface area contributed by atoms with Gasteiger partial charge in [-0.05, 0) is 80.4 Å². The summed E-state index contributed by atoms with van der Waals surface area (Å²) in [6.45, 7) is 1.63. The number of phenolic OH excluding ortho intramolecular Hbond substituents is 1. The van der Waals surface area contributed by atoms with Crippen LogP contribution in [-0.2, 0) is 4.79 Å². The van der Waals surface area contributed by atoms with Gasteiger partial charge < -0.3 is 24.7 Å². The van der Waals surface area contributed by atoms with Gasteiger partial charge in [0, 0.05) is 18.5 Å². The molecule has 4 saturated carbocycles. The molecule has 1 atom stereocenters. The maximum atomic E-state index is 13.3. The van der Waals surface area contributed by atoms with E-state index in [1.807, 2.05) is 0 Å². The van der Waals surface area contributed by atoms with Crippen LogP contribution >= 0.6 is 0 Å². The van der Waals surface area contributed by atoms with Gasteiger partial charge >= 0.3 is 0 Å². The van der Waals surface area contributed by atoms with Crippen molar-refractivity contribution in [1.29, 1.82) is 0 Å². The van der Waals surface area contributed by atoms with E-state index < -0.39 is 17.1 Å². The van der Waals surface area contributed by atoms with Crippen LogP contribution in [0.5, 0.6) is 17.2 Å². The Hall–Kier alpha value is -2.96. The number of nitrogens with one attached hydrogen (secondary N) is 1. The first-order valence-corrected chi connectivity index (χ1v) is 11.8. The fourth-order valence-corrected chi connectivity index (χ4v) is 6.73. The molecule has 4 aliphatic carbocycles. The van der Waals surface area contributed by atoms with Crippen LogP contribution < -0.4 is 15.5 Å². The maximum absolute atomic E-state index is 13.3. The highest BCUT2D eigenvalue weighted by Gasteiger charge is 2.48. The van der Waals surface area contributed by atoms with Crippen molar-refractivity contribution in [3.05, 3.63) is 51.6 Å². The minimum Gasteiger partial charge on any atom is -0.504 e. The average Bonchev–Trinajstić information content (AvgIpc) is 2.77. The van der Waals surface area contributed by atoms with Crippen molar-refractivity contribution in [3.63, 3.8) is 0 Å². The quantitative estimate of drug-likeness (QED) is 0.613. The Bertz CT molecular complexity index is 1090. The van der Waals surface area contributed by atoms with E-state index in [1.165, 1.54) is 51.3 Å². The third-order valence-electron chi connectivity index (χ3n) is 7.94. The molecular weight excluding hydrogens is 422 g/mol. The van der Waals surface area contributed by atoms with Crippen LogP contribution in [-0.4, -0.2) is 29.3 Å². The lowest BCUT2D eigenvalue weighted by atomic mass is 9.54. The molecule has 0 aliphatic heterocycles. The maximum Gasteiger partial charge on any atom is 0.227 e. The number of carbonyl (C=O) groups is 1. The van der Waals surface area contributed by atoms with Gasteiger partial charge in [0.2, 0.25) is 17.1 Å². The Morgan fingerprint density at radius 2 is 1.79 bits per heavy atom. The first-order valence-electron chi connectivity index (χ1n) is 11.8. The number of ether oxygens (including phenoxy) is 1. The highest BCUT2D eigenvalue weighted by Crippen LogP contribution is 2.53. The number of hydrogen-bond acceptors (Lipinski definition) is 6. The lowest BCUT2D eigenvalue weighted by Crippen LogP contribution is -2.55. The molecule has 1 aromatic carbocycles. The molecule has 4 aliphatic rings. The number of phenols is 1. The third kappa shape index (κ3) is 4.09. The summed E-state index contributed by atoms with van der Waals surface area (Å²) in [5.74, 6) is 2.00. The van der Waals surface area contributed by atoms with Gasteiger partial charge in [-0.1, -0.05) is 6.07 Å². The SMILES string of the molecule is COc1cc([C@@H](CC(=O)NC2C3CC4CC(C3)CC2C4)c2oc(C)cc(=O)c2O)ccc1O. The molecule has 2 aromatic rings. The Morgan fingerprint density at radius 1 is 1.12 bits per heavy atom. The zero-order valence-electron chi connectivity index (χ0n) is 19.0. The van der Waals surface area contributed by atoms with Gasteiger partial charge in [-0.15, -0.1) is 0 Å². The fraction of sp³-hybridized carbons (Fsp3) is 0.538. The van der Waals surface area contributed by atoms with E-state index in [-0.39, 0.29) is 35.6 Å². The number of rotatable bonds is 6. The first-order chi connectivity index (χ1) is 15.8. The minimum atomic E-state index is -0.705. The van der Waals surface area contributed by atoms with Gasteiger partial charge in [0.1, 0.15) is 5.76 Å². The van der Waals surface area contributed by atoms with E-state index >= 15 is 0 Å². The average molecular weight is 454 g/mol. The number of carbonyl (C=O) groups excluding carboxylic acids is 1. The monoisotopic (exact) mass is 453 g/mol. The van der Waals surface area contributed by atoms with Gasteiger partial charge in [0.15, 0.2) is 17.3 Å². The van der Waals surface area contributed by atoms with Crippen molar-refractivity contribution in [2.45, 2.75) is 57.4 Å². The summed E-state index contributed by atoms with van der Waals surface area (Å²) >= 11 is 0. The number of benzene rings is 1. The van der Waals surface area contributed by atoms with Crippen LogP contribution in [0.25, 0.3) is 0 Å². The second-order valence-electron chi connectivity index (χ2n) is 10.1. The number of hydrogen-bond donors (Lipinski definition) is 3. The van der Waals surface area contributed by atoms with Crippen LogP contribution in [0, 0.1) is 30.6 Å². The fourth-order valence-electron chi connectivity index (χ4n) is 6.73. The molecule has 0 saturated heterocycles. The molecule has 1 amide bonds. The molecule has 7 heteroatoms. The normalized spacial score (nSPS) is 28.5. The minimum absolute atomic E-state index is 0.0106. The lowest BCUT2D eigenvalue weighted by molar-refractivity contribution is -0.125. The molecule has 4 bridgehead atoms. The summed E-state index contributed by atoms with van der Waals surface area (Å²) in [5.41, 5.74) is 0.0554. The van der Waals surface area contributed by atoms with E-state index in [0.717, 1.165) is 11.8 Å². The smallest absolute Gasteiger partial charge is 0.227 e. The van der Waals surface area contributed by atoms with Crippen molar-refractivity contribution in [2.75, 3.05) is 7.11 Å². The van der Waals surface area contributed by atoms with Crippen LogP contribution in [0.2, 0.25) is 0 Å². The van der Waals surface area contributed by atoms with Gasteiger partial charge in [0.05, 0.1) is 13.0 Å². The van der Waals surface area contributed by atoms with E-state index in [9.17, 15) is 19.8 Å². The summed E-state index contributed by atoms with van der Waals surface area (Å²) in [7, 11) is 1.44. The topological polar surface area (TPSA) is 109 Å². The number of amides is 1. The molecule has 1 heterocycles. The van der Waals surface area contributed by atoms with Crippen molar-refractivity contribution in [2.24, 2.45) is 23.7 Å². The van der Waals surface area contributed by atoms with Crippen LogP contribution in [0.1, 0.15) is 61.5 Å². The molecule has 7 nitrogen and oxygen atoms in total. The molecule has 6 rings (SSSR count). The first kappa shape index (κ1) is 21.9. The Balaban J connectivity index is 1.44. The summed E-state index contributed by atoms with van der Waals surface area (Å²) in [6, 6.07) is 6.15. The molecular formula is C26H31NO6. The zero-order valence-corrected chi connectivity index (χ0v) is 19.0. The third-order valence-corrected chi connectivity index (χ3v) is 7.94. The van der Waals surface area contributed by atoms with Crippen molar-refractivity contribution < 1.29 is 24.2 Å². The molecule has 1 aromatic heterocycles. The zero-order chi connectivity index (χ0) is 23.3. The van der Waals surface area contributed by atoms with Gasteiger partial charge in [0.25, 0.3) is 0 Å². The van der Waals surface area contributed by atoms with E-state index in [1.54, 1.807) is 19.1 Å². The molecule has 0 unspecified atom stereocenters. The largest absolute Gasteiger partial charge is 0.504 e. The van der Waals surface area contributed by atoms with Gasteiger partial charge in [-0.3, -0.25) is 9.59 Å². The highest BCUT2D eigenvalue weighted by atomic mass is 16.5. The lowest BCUT2D eigenvalue weighted by Gasteiger charge is -2.54. The van der Waals surface area contributed by atoms with Crippen molar-refractivity contribution >= 4 is 5.91 Å². The Morgan fingerprint density at radius 3 is 2.42 bits per heavy atom. The highest BCUT2D eigenvalue weighted by molar-refractivity contribution is 5.78. The van der Waals surface area contributed by atoms with Crippen LogP contribution in [0.4, 0.5) is 0 Å².